The maximum atomic E-state index is 5.60. The Labute approximate surface area is 90.4 Å². The third kappa shape index (κ3) is 3.02. The molecule has 1 heterocycles. The molecule has 0 aliphatic carbocycles. The number of benzene rings is 1. The largest absolute Gasteiger partial charge is 0.351 e. The van der Waals surface area contributed by atoms with Crippen LogP contribution >= 0.6 is 0 Å². The van der Waals surface area contributed by atoms with E-state index >= 15 is 0 Å². The molecule has 0 radical (unpaired) electrons. The van der Waals surface area contributed by atoms with E-state index in [-0.39, 0.29) is 5.60 Å². The zero-order valence-electron chi connectivity index (χ0n) is 9.03. The van der Waals surface area contributed by atoms with Crippen LogP contribution in [0.1, 0.15) is 12.5 Å². The van der Waals surface area contributed by atoms with Gasteiger partial charge in [-0.1, -0.05) is 30.3 Å². The molecular weight excluding hydrogens is 190 g/mol. The van der Waals surface area contributed by atoms with Crippen LogP contribution in [0.3, 0.4) is 0 Å². The van der Waals surface area contributed by atoms with Gasteiger partial charge >= 0.3 is 0 Å². The fourth-order valence-corrected chi connectivity index (χ4v) is 1.50. The maximum absolute atomic E-state index is 5.60. The standard InChI is InChI=1S/C12H17NO2/c1-12(8-13-9-12)15-10-14-7-11-5-3-2-4-6-11/h2-6,13H,7-10H2,1H3. The number of hydrogen-bond acceptors (Lipinski definition) is 3. The van der Waals surface area contributed by atoms with Gasteiger partial charge in [0.05, 0.1) is 12.2 Å². The van der Waals surface area contributed by atoms with Gasteiger partial charge in [0.25, 0.3) is 0 Å². The molecule has 1 fully saturated rings. The Morgan fingerprint density at radius 3 is 2.60 bits per heavy atom. The Morgan fingerprint density at radius 1 is 1.27 bits per heavy atom. The summed E-state index contributed by atoms with van der Waals surface area (Å²) in [5.41, 5.74) is 1.16. The summed E-state index contributed by atoms with van der Waals surface area (Å²) in [4.78, 5) is 0. The lowest BCUT2D eigenvalue weighted by Gasteiger charge is -2.38. The Morgan fingerprint density at radius 2 is 2.00 bits per heavy atom. The van der Waals surface area contributed by atoms with Crippen LogP contribution in [0.5, 0.6) is 0 Å². The molecule has 0 atom stereocenters. The minimum Gasteiger partial charge on any atom is -0.351 e. The van der Waals surface area contributed by atoms with Crippen molar-refractivity contribution in [1.29, 1.82) is 0 Å². The molecule has 1 saturated heterocycles. The average Bonchev–Trinajstić information content (AvgIpc) is 2.23. The molecule has 1 N–H and O–H groups in total. The summed E-state index contributed by atoms with van der Waals surface area (Å²) < 4.78 is 11.0. The molecule has 0 saturated carbocycles. The van der Waals surface area contributed by atoms with Crippen LogP contribution in [-0.4, -0.2) is 25.5 Å². The van der Waals surface area contributed by atoms with Gasteiger partial charge < -0.3 is 14.8 Å². The quantitative estimate of drug-likeness (QED) is 0.587. The second-order valence-corrected chi connectivity index (χ2v) is 4.15. The van der Waals surface area contributed by atoms with Crippen LogP contribution in [0.2, 0.25) is 0 Å². The van der Waals surface area contributed by atoms with E-state index in [9.17, 15) is 0 Å². The van der Waals surface area contributed by atoms with Gasteiger partial charge in [0.1, 0.15) is 6.79 Å². The lowest BCUT2D eigenvalue weighted by molar-refractivity contribution is -0.157. The Hall–Kier alpha value is -0.900. The molecule has 0 spiro atoms. The Bertz CT molecular complexity index is 296. The van der Waals surface area contributed by atoms with Crippen molar-refractivity contribution in [2.75, 3.05) is 19.9 Å². The van der Waals surface area contributed by atoms with Gasteiger partial charge in [-0.3, -0.25) is 0 Å². The molecule has 82 valence electrons. The van der Waals surface area contributed by atoms with Crippen molar-refractivity contribution in [3.8, 4) is 0 Å². The fraction of sp³-hybridized carbons (Fsp3) is 0.500. The lowest BCUT2D eigenvalue weighted by Crippen LogP contribution is -2.59. The van der Waals surface area contributed by atoms with Crippen LogP contribution < -0.4 is 5.32 Å². The Kier molecular flexibility index (Phi) is 3.36. The van der Waals surface area contributed by atoms with Crippen molar-refractivity contribution in [3.05, 3.63) is 35.9 Å². The molecule has 0 aromatic heterocycles. The summed E-state index contributed by atoms with van der Waals surface area (Å²) in [6.45, 7) is 4.91. The van der Waals surface area contributed by atoms with E-state index in [1.807, 2.05) is 30.3 Å². The predicted molar refractivity (Wildman–Crippen MR) is 58.5 cm³/mol. The molecule has 1 aliphatic heterocycles. The first-order valence-electron chi connectivity index (χ1n) is 5.25. The normalized spacial score (nSPS) is 18.5. The van der Waals surface area contributed by atoms with Crippen molar-refractivity contribution in [2.24, 2.45) is 0 Å². The average molecular weight is 207 g/mol. The smallest absolute Gasteiger partial charge is 0.148 e. The topological polar surface area (TPSA) is 30.5 Å². The first-order chi connectivity index (χ1) is 7.29. The minimum atomic E-state index is -0.0172. The van der Waals surface area contributed by atoms with Gasteiger partial charge in [0, 0.05) is 13.1 Å². The second kappa shape index (κ2) is 4.75. The maximum Gasteiger partial charge on any atom is 0.148 e. The summed E-state index contributed by atoms with van der Waals surface area (Å²) in [6.07, 6.45) is 0. The molecular formula is C12H17NO2. The van der Waals surface area contributed by atoms with Gasteiger partial charge in [0.15, 0.2) is 0 Å². The van der Waals surface area contributed by atoms with E-state index in [0.29, 0.717) is 13.4 Å². The number of ether oxygens (including phenoxy) is 2. The van der Waals surface area contributed by atoms with Crippen molar-refractivity contribution < 1.29 is 9.47 Å². The summed E-state index contributed by atoms with van der Waals surface area (Å²) in [5.74, 6) is 0. The fourth-order valence-electron chi connectivity index (χ4n) is 1.50. The van der Waals surface area contributed by atoms with E-state index in [2.05, 4.69) is 12.2 Å². The summed E-state index contributed by atoms with van der Waals surface area (Å²) >= 11 is 0. The molecule has 0 amide bonds. The number of hydrogen-bond donors (Lipinski definition) is 1. The van der Waals surface area contributed by atoms with Crippen molar-refractivity contribution in [3.63, 3.8) is 0 Å². The van der Waals surface area contributed by atoms with Crippen LogP contribution in [0.4, 0.5) is 0 Å². The zero-order chi connectivity index (χ0) is 10.6. The second-order valence-electron chi connectivity index (χ2n) is 4.15. The molecule has 3 heteroatoms. The lowest BCUT2D eigenvalue weighted by atomic mass is 10.0. The van der Waals surface area contributed by atoms with Gasteiger partial charge in [-0.05, 0) is 12.5 Å². The first kappa shape index (κ1) is 10.6. The third-order valence-electron chi connectivity index (χ3n) is 2.60. The summed E-state index contributed by atoms with van der Waals surface area (Å²) in [7, 11) is 0. The molecule has 1 aliphatic rings. The molecule has 0 unspecified atom stereocenters. The van der Waals surface area contributed by atoms with Crippen LogP contribution in [0.15, 0.2) is 30.3 Å². The minimum absolute atomic E-state index is 0.0172. The molecule has 1 aromatic rings. The van der Waals surface area contributed by atoms with Gasteiger partial charge in [-0.2, -0.15) is 0 Å². The van der Waals surface area contributed by atoms with E-state index in [0.717, 1.165) is 13.1 Å². The van der Waals surface area contributed by atoms with E-state index in [1.165, 1.54) is 5.56 Å². The molecule has 3 nitrogen and oxygen atoms in total. The highest BCUT2D eigenvalue weighted by atomic mass is 16.7. The highest BCUT2D eigenvalue weighted by molar-refractivity contribution is 5.13. The van der Waals surface area contributed by atoms with Crippen LogP contribution in [-0.2, 0) is 16.1 Å². The highest BCUT2D eigenvalue weighted by Gasteiger charge is 2.32. The van der Waals surface area contributed by atoms with Crippen LogP contribution in [0.25, 0.3) is 0 Å². The number of rotatable bonds is 5. The zero-order valence-corrected chi connectivity index (χ0v) is 9.03. The molecule has 15 heavy (non-hydrogen) atoms. The summed E-state index contributed by atoms with van der Waals surface area (Å²) in [6, 6.07) is 10.1. The third-order valence-corrected chi connectivity index (χ3v) is 2.60. The highest BCUT2D eigenvalue weighted by Crippen LogP contribution is 2.15. The molecule has 0 bridgehead atoms. The monoisotopic (exact) mass is 207 g/mol. The first-order valence-corrected chi connectivity index (χ1v) is 5.25. The van der Waals surface area contributed by atoms with Gasteiger partial charge in [-0.15, -0.1) is 0 Å². The predicted octanol–water partition coefficient (Wildman–Crippen LogP) is 1.54. The van der Waals surface area contributed by atoms with E-state index < -0.39 is 0 Å². The molecule has 2 rings (SSSR count). The van der Waals surface area contributed by atoms with Gasteiger partial charge in [0.2, 0.25) is 0 Å². The summed E-state index contributed by atoms with van der Waals surface area (Å²) in [5, 5.41) is 3.18. The van der Waals surface area contributed by atoms with Crippen molar-refractivity contribution in [1.82, 2.24) is 5.32 Å². The van der Waals surface area contributed by atoms with E-state index in [4.69, 9.17) is 9.47 Å². The SMILES string of the molecule is CC1(OCOCc2ccccc2)CNC1. The molecule has 1 aromatic carbocycles. The van der Waals surface area contributed by atoms with Crippen molar-refractivity contribution >= 4 is 0 Å². The van der Waals surface area contributed by atoms with Gasteiger partial charge in [-0.25, -0.2) is 0 Å². The van der Waals surface area contributed by atoms with E-state index in [1.54, 1.807) is 0 Å². The number of nitrogens with one attached hydrogen (secondary N) is 1. The van der Waals surface area contributed by atoms with Crippen LogP contribution in [0, 0.1) is 0 Å². The Balaban J connectivity index is 1.63. The van der Waals surface area contributed by atoms with Crippen molar-refractivity contribution in [2.45, 2.75) is 19.1 Å².